The van der Waals surface area contributed by atoms with Crippen LogP contribution in [0.4, 0.5) is 10.1 Å². The van der Waals surface area contributed by atoms with Crippen LogP contribution in [0.2, 0.25) is 0 Å². The van der Waals surface area contributed by atoms with E-state index in [1.54, 1.807) is 19.2 Å². The van der Waals surface area contributed by atoms with Crippen molar-refractivity contribution in [3.8, 4) is 0 Å². The molecule has 2 aromatic rings. The topological polar surface area (TPSA) is 48.0 Å². The average molecular weight is 390 g/mol. The molecular weight excluding hydrogens is 379 g/mol. The molecule has 1 aromatic heterocycles. The first-order valence-electron chi connectivity index (χ1n) is 5.49. The van der Waals surface area contributed by atoms with Gasteiger partial charge in [0.05, 0.1) is 16.7 Å². The van der Waals surface area contributed by atoms with Gasteiger partial charge < -0.3 is 10.3 Å². The van der Waals surface area contributed by atoms with Gasteiger partial charge >= 0.3 is 0 Å². The lowest BCUT2D eigenvalue weighted by atomic mass is 10.2. The summed E-state index contributed by atoms with van der Waals surface area (Å²) < 4.78 is 15.6. The van der Waals surface area contributed by atoms with Gasteiger partial charge in [-0.2, -0.15) is 0 Å². The SMILES string of the molecule is Cc1c(N)cn(Cc2ccc(F)cc2Br)c(=O)c1Br. The number of hydrogen-bond donors (Lipinski definition) is 1. The summed E-state index contributed by atoms with van der Waals surface area (Å²) in [6.45, 7) is 2.10. The van der Waals surface area contributed by atoms with Crippen molar-refractivity contribution >= 4 is 37.5 Å². The largest absolute Gasteiger partial charge is 0.397 e. The molecule has 1 aromatic carbocycles. The van der Waals surface area contributed by atoms with Crippen LogP contribution >= 0.6 is 31.9 Å². The Kier molecular flexibility index (Phi) is 4.10. The van der Waals surface area contributed by atoms with E-state index in [4.69, 9.17) is 5.73 Å². The highest BCUT2D eigenvalue weighted by atomic mass is 79.9. The Morgan fingerprint density at radius 2 is 2.05 bits per heavy atom. The van der Waals surface area contributed by atoms with Crippen molar-refractivity contribution < 1.29 is 4.39 Å². The zero-order valence-electron chi connectivity index (χ0n) is 10.1. The van der Waals surface area contributed by atoms with Gasteiger partial charge in [0.1, 0.15) is 5.82 Å². The van der Waals surface area contributed by atoms with Gasteiger partial charge in [0.25, 0.3) is 5.56 Å². The van der Waals surface area contributed by atoms with E-state index in [9.17, 15) is 9.18 Å². The first-order valence-corrected chi connectivity index (χ1v) is 7.07. The summed E-state index contributed by atoms with van der Waals surface area (Å²) in [4.78, 5) is 12.1. The molecule has 0 fully saturated rings. The van der Waals surface area contributed by atoms with E-state index < -0.39 is 0 Å². The molecule has 3 nitrogen and oxygen atoms in total. The molecule has 0 unspecified atom stereocenters. The monoisotopic (exact) mass is 388 g/mol. The molecule has 0 saturated carbocycles. The summed E-state index contributed by atoms with van der Waals surface area (Å²) in [5, 5.41) is 0. The predicted octanol–water partition coefficient (Wildman–Crippen LogP) is 3.45. The van der Waals surface area contributed by atoms with Gasteiger partial charge in [-0.3, -0.25) is 4.79 Å². The second-order valence-electron chi connectivity index (χ2n) is 4.19. The Morgan fingerprint density at radius 1 is 1.37 bits per heavy atom. The smallest absolute Gasteiger partial charge is 0.265 e. The zero-order valence-corrected chi connectivity index (χ0v) is 13.3. The highest BCUT2D eigenvalue weighted by Crippen LogP contribution is 2.21. The fraction of sp³-hybridized carbons (Fsp3) is 0.154. The van der Waals surface area contributed by atoms with Crippen molar-refractivity contribution in [2.45, 2.75) is 13.5 Å². The van der Waals surface area contributed by atoms with Crippen LogP contribution in [0.3, 0.4) is 0 Å². The van der Waals surface area contributed by atoms with Crippen molar-refractivity contribution in [1.82, 2.24) is 4.57 Å². The van der Waals surface area contributed by atoms with Gasteiger partial charge in [0, 0.05) is 10.7 Å². The molecule has 19 heavy (non-hydrogen) atoms. The maximum absolute atomic E-state index is 13.0. The van der Waals surface area contributed by atoms with Crippen molar-refractivity contribution in [3.63, 3.8) is 0 Å². The second kappa shape index (κ2) is 5.46. The zero-order chi connectivity index (χ0) is 14.2. The summed E-state index contributed by atoms with van der Waals surface area (Å²) in [7, 11) is 0. The van der Waals surface area contributed by atoms with Crippen LogP contribution in [-0.2, 0) is 6.54 Å². The van der Waals surface area contributed by atoms with Crippen LogP contribution in [0, 0.1) is 12.7 Å². The maximum atomic E-state index is 13.0. The van der Waals surface area contributed by atoms with Crippen LogP contribution in [0.1, 0.15) is 11.1 Å². The summed E-state index contributed by atoms with van der Waals surface area (Å²) in [6.07, 6.45) is 1.60. The number of anilines is 1. The normalized spacial score (nSPS) is 10.7. The van der Waals surface area contributed by atoms with Crippen LogP contribution in [0.25, 0.3) is 0 Å². The Morgan fingerprint density at radius 3 is 2.68 bits per heavy atom. The molecule has 0 radical (unpaired) electrons. The molecule has 0 atom stereocenters. The average Bonchev–Trinajstić information content (AvgIpc) is 2.36. The fourth-order valence-corrected chi connectivity index (χ4v) is 2.62. The molecule has 1 heterocycles. The van der Waals surface area contributed by atoms with Crippen molar-refractivity contribution in [3.05, 3.63) is 60.6 Å². The molecular formula is C13H11Br2FN2O. The first-order chi connectivity index (χ1) is 8.90. The van der Waals surface area contributed by atoms with Gasteiger partial charge in [-0.1, -0.05) is 22.0 Å². The van der Waals surface area contributed by atoms with Crippen LogP contribution in [0.5, 0.6) is 0 Å². The van der Waals surface area contributed by atoms with Crippen molar-refractivity contribution in [1.29, 1.82) is 0 Å². The number of aromatic nitrogens is 1. The highest BCUT2D eigenvalue weighted by molar-refractivity contribution is 9.10. The lowest BCUT2D eigenvalue weighted by Gasteiger charge is -2.11. The van der Waals surface area contributed by atoms with Gasteiger partial charge in [-0.05, 0) is 46.1 Å². The molecule has 6 heteroatoms. The number of nitrogens with two attached hydrogens (primary N) is 1. The number of halogens is 3. The molecule has 2 N–H and O–H groups in total. The molecule has 2 rings (SSSR count). The minimum atomic E-state index is -0.326. The predicted molar refractivity (Wildman–Crippen MR) is 80.8 cm³/mol. The summed E-state index contributed by atoms with van der Waals surface area (Å²) in [5.41, 5.74) is 7.74. The van der Waals surface area contributed by atoms with Crippen LogP contribution in [-0.4, -0.2) is 4.57 Å². The van der Waals surface area contributed by atoms with Gasteiger partial charge in [0.2, 0.25) is 0 Å². The third-order valence-corrected chi connectivity index (χ3v) is 4.53. The van der Waals surface area contributed by atoms with E-state index in [1.165, 1.54) is 16.7 Å². The minimum absolute atomic E-state index is 0.164. The lowest BCUT2D eigenvalue weighted by Crippen LogP contribution is -2.23. The molecule has 0 aliphatic heterocycles. The van der Waals surface area contributed by atoms with Crippen molar-refractivity contribution in [2.24, 2.45) is 0 Å². The third-order valence-electron chi connectivity index (χ3n) is 2.86. The fourth-order valence-electron chi connectivity index (χ4n) is 1.69. The van der Waals surface area contributed by atoms with E-state index >= 15 is 0 Å². The Hall–Kier alpha value is -1.14. The van der Waals surface area contributed by atoms with Crippen LogP contribution in [0.15, 0.2) is 38.1 Å². The summed E-state index contributed by atoms with van der Waals surface area (Å²) in [6, 6.07) is 4.36. The third kappa shape index (κ3) is 2.90. The summed E-state index contributed by atoms with van der Waals surface area (Å²) >= 11 is 6.52. The van der Waals surface area contributed by atoms with E-state index in [1.807, 2.05) is 0 Å². The number of nitrogen functional groups attached to an aromatic ring is 1. The molecule has 0 spiro atoms. The van der Waals surface area contributed by atoms with E-state index in [0.717, 1.165) is 11.1 Å². The maximum Gasteiger partial charge on any atom is 0.265 e. The number of rotatable bonds is 2. The Balaban J connectivity index is 2.47. The molecule has 100 valence electrons. The summed E-state index contributed by atoms with van der Waals surface area (Å²) in [5.74, 6) is -0.326. The van der Waals surface area contributed by atoms with E-state index in [-0.39, 0.29) is 11.4 Å². The first kappa shape index (κ1) is 14.3. The van der Waals surface area contributed by atoms with Crippen LogP contribution < -0.4 is 11.3 Å². The number of hydrogen-bond acceptors (Lipinski definition) is 2. The van der Waals surface area contributed by atoms with Gasteiger partial charge in [0.15, 0.2) is 0 Å². The van der Waals surface area contributed by atoms with E-state index in [0.29, 0.717) is 21.2 Å². The molecule has 0 saturated heterocycles. The van der Waals surface area contributed by atoms with Gasteiger partial charge in [-0.15, -0.1) is 0 Å². The van der Waals surface area contributed by atoms with E-state index in [2.05, 4.69) is 31.9 Å². The minimum Gasteiger partial charge on any atom is -0.397 e. The quantitative estimate of drug-likeness (QED) is 0.854. The van der Waals surface area contributed by atoms with Gasteiger partial charge in [-0.25, -0.2) is 4.39 Å². The second-order valence-corrected chi connectivity index (χ2v) is 5.84. The molecule has 0 bridgehead atoms. The molecule has 0 aliphatic rings. The number of nitrogens with zero attached hydrogens (tertiary/aromatic N) is 1. The Labute approximate surface area is 126 Å². The number of pyridine rings is 1. The lowest BCUT2D eigenvalue weighted by molar-refractivity contribution is 0.624. The molecule has 0 aliphatic carbocycles. The number of benzene rings is 1. The van der Waals surface area contributed by atoms with Crippen molar-refractivity contribution in [2.75, 3.05) is 5.73 Å². The standard InChI is InChI=1S/C13H11Br2FN2O/c1-7-11(17)6-18(13(19)12(7)15)5-8-2-3-9(16)4-10(8)14/h2-4,6H,5,17H2,1H3. The Bertz CT molecular complexity index is 698. The molecule has 0 amide bonds. The highest BCUT2D eigenvalue weighted by Gasteiger charge is 2.10.